The molecule has 1 fully saturated rings. The monoisotopic (exact) mass is 531 g/mol. The number of aromatic nitrogens is 4. The number of halogens is 3. The summed E-state index contributed by atoms with van der Waals surface area (Å²) in [6.07, 6.45) is -3.61. The highest BCUT2D eigenvalue weighted by Gasteiger charge is 2.40. The van der Waals surface area contributed by atoms with Crippen molar-refractivity contribution >= 4 is 17.5 Å². The first-order valence-corrected chi connectivity index (χ1v) is 12.0. The number of hydrogen-bond acceptors (Lipinski definition) is 7. The van der Waals surface area contributed by atoms with Gasteiger partial charge in [0.1, 0.15) is 18.0 Å². The van der Waals surface area contributed by atoms with Crippen LogP contribution in [0.25, 0.3) is 22.5 Å². The van der Waals surface area contributed by atoms with E-state index in [4.69, 9.17) is 0 Å². The van der Waals surface area contributed by atoms with E-state index in [1.165, 1.54) is 17.0 Å². The van der Waals surface area contributed by atoms with Gasteiger partial charge in [0.15, 0.2) is 5.82 Å². The van der Waals surface area contributed by atoms with Crippen LogP contribution in [0.3, 0.4) is 0 Å². The van der Waals surface area contributed by atoms with E-state index in [9.17, 15) is 28.3 Å². The zero-order valence-electron chi connectivity index (χ0n) is 20.5. The van der Waals surface area contributed by atoms with Gasteiger partial charge in [-0.3, -0.25) is 9.69 Å². The average molecular weight is 531 g/mol. The number of pyridine rings is 1. The Labute approximate surface area is 220 Å². The van der Waals surface area contributed by atoms with Gasteiger partial charge in [0, 0.05) is 31.3 Å². The number of alkyl halides is 3. The van der Waals surface area contributed by atoms with Crippen LogP contribution in [0.5, 0.6) is 0 Å². The topological polar surface area (TPSA) is 111 Å². The van der Waals surface area contributed by atoms with Crippen molar-refractivity contribution < 1.29 is 23.1 Å². The number of aryl methyl sites for hydroxylation is 1. The van der Waals surface area contributed by atoms with E-state index < -0.39 is 23.8 Å². The maximum absolute atomic E-state index is 13.7. The SMILES string of the molecule is Cn1cnnc1-c1ccc(C#N)cc1-c1cc(N2CC(O)C2)nc(N2Cc3c(cccc3C(F)(F)F)C2=O)c1. The Kier molecular flexibility index (Phi) is 5.62. The smallest absolute Gasteiger partial charge is 0.389 e. The van der Waals surface area contributed by atoms with Crippen LogP contribution in [0.1, 0.15) is 27.0 Å². The molecule has 0 radical (unpaired) electrons. The van der Waals surface area contributed by atoms with Crippen LogP contribution in [-0.2, 0) is 19.8 Å². The number of β-amino-alcohol motifs (C(OH)–C–C–N with tert-alkyl or cyclic N) is 1. The molecule has 9 nitrogen and oxygen atoms in total. The molecule has 6 rings (SSSR count). The number of aliphatic hydroxyl groups is 1. The van der Waals surface area contributed by atoms with Gasteiger partial charge in [0.05, 0.1) is 29.8 Å². The Morgan fingerprint density at radius 3 is 2.49 bits per heavy atom. The fourth-order valence-corrected chi connectivity index (χ4v) is 4.96. The number of amides is 1. The molecule has 1 N–H and O–H groups in total. The van der Waals surface area contributed by atoms with Crippen LogP contribution in [0.2, 0.25) is 0 Å². The van der Waals surface area contributed by atoms with E-state index in [0.717, 1.165) is 6.07 Å². The Balaban J connectivity index is 1.51. The zero-order chi connectivity index (χ0) is 27.5. The number of anilines is 2. The van der Waals surface area contributed by atoms with Crippen molar-refractivity contribution in [1.82, 2.24) is 19.7 Å². The number of aliphatic hydroxyl groups excluding tert-OH is 1. The third kappa shape index (κ3) is 4.17. The minimum Gasteiger partial charge on any atom is -0.389 e. The van der Waals surface area contributed by atoms with Crippen molar-refractivity contribution in [3.8, 4) is 28.6 Å². The van der Waals surface area contributed by atoms with Crippen molar-refractivity contribution in [2.75, 3.05) is 22.9 Å². The molecule has 2 aromatic carbocycles. The number of carbonyl (C=O) groups excluding carboxylic acids is 1. The summed E-state index contributed by atoms with van der Waals surface area (Å²) in [5.74, 6) is 0.547. The number of nitrogens with zero attached hydrogens (tertiary/aromatic N) is 7. The highest BCUT2D eigenvalue weighted by atomic mass is 19.4. The van der Waals surface area contributed by atoms with Gasteiger partial charge in [0.25, 0.3) is 5.91 Å². The van der Waals surface area contributed by atoms with Crippen LogP contribution >= 0.6 is 0 Å². The standard InChI is InChI=1S/C27H20F3N7O2/c1-35-14-32-34-25(35)18-6-5-15(10-31)7-20(18)16-8-23(36-11-17(38)12-36)33-24(9-16)37-13-21-19(26(37)39)3-2-4-22(21)27(28,29)30/h2-9,14,17,38H,11-13H2,1H3. The average Bonchev–Trinajstić information content (AvgIpc) is 3.48. The molecule has 4 aromatic rings. The minimum atomic E-state index is -4.61. The summed E-state index contributed by atoms with van der Waals surface area (Å²) in [5, 5.41) is 27.6. The van der Waals surface area contributed by atoms with Crippen molar-refractivity contribution in [2.45, 2.75) is 18.8 Å². The molecule has 0 atom stereocenters. The van der Waals surface area contributed by atoms with Gasteiger partial charge in [-0.1, -0.05) is 6.07 Å². The lowest BCUT2D eigenvalue weighted by Crippen LogP contribution is -2.51. The van der Waals surface area contributed by atoms with Gasteiger partial charge in [0.2, 0.25) is 0 Å². The molecular weight excluding hydrogens is 511 g/mol. The fourth-order valence-electron chi connectivity index (χ4n) is 4.96. The van der Waals surface area contributed by atoms with E-state index in [0.29, 0.717) is 47.0 Å². The van der Waals surface area contributed by atoms with Crippen molar-refractivity contribution in [2.24, 2.45) is 7.05 Å². The molecular formula is C27H20F3N7O2. The number of fused-ring (bicyclic) bond motifs is 1. The van der Waals surface area contributed by atoms with Crippen molar-refractivity contribution in [3.63, 3.8) is 0 Å². The largest absolute Gasteiger partial charge is 0.416 e. The van der Waals surface area contributed by atoms with E-state index in [-0.39, 0.29) is 23.5 Å². The summed E-state index contributed by atoms with van der Waals surface area (Å²) >= 11 is 0. The predicted octanol–water partition coefficient (Wildman–Crippen LogP) is 3.78. The molecule has 1 amide bonds. The molecule has 4 heterocycles. The molecule has 2 aliphatic heterocycles. The molecule has 1 saturated heterocycles. The predicted molar refractivity (Wildman–Crippen MR) is 135 cm³/mol. The minimum absolute atomic E-state index is 0.0239. The van der Waals surface area contributed by atoms with Gasteiger partial charge in [-0.05, 0) is 59.2 Å². The lowest BCUT2D eigenvalue weighted by Gasteiger charge is -2.37. The van der Waals surface area contributed by atoms with Crippen molar-refractivity contribution in [1.29, 1.82) is 5.26 Å². The number of nitriles is 1. The molecule has 0 saturated carbocycles. The molecule has 0 aliphatic carbocycles. The summed E-state index contributed by atoms with van der Waals surface area (Å²) in [4.78, 5) is 21.0. The van der Waals surface area contributed by atoms with Gasteiger partial charge in [-0.25, -0.2) is 4.98 Å². The summed E-state index contributed by atoms with van der Waals surface area (Å²) in [7, 11) is 1.78. The summed E-state index contributed by atoms with van der Waals surface area (Å²) < 4.78 is 42.9. The van der Waals surface area contributed by atoms with Gasteiger partial charge >= 0.3 is 6.18 Å². The second-order valence-electron chi connectivity index (χ2n) is 9.49. The third-order valence-corrected chi connectivity index (χ3v) is 6.95. The van der Waals surface area contributed by atoms with Crippen LogP contribution in [0.15, 0.2) is 54.9 Å². The number of rotatable bonds is 4. The molecule has 196 valence electrons. The van der Waals surface area contributed by atoms with Gasteiger partial charge in [-0.15, -0.1) is 10.2 Å². The molecule has 2 aliphatic rings. The first kappa shape index (κ1) is 24.6. The molecule has 0 spiro atoms. The van der Waals surface area contributed by atoms with E-state index in [1.807, 2.05) is 4.90 Å². The number of hydrogen-bond donors (Lipinski definition) is 1. The Bertz CT molecular complexity index is 1670. The maximum Gasteiger partial charge on any atom is 0.416 e. The van der Waals surface area contributed by atoms with E-state index >= 15 is 0 Å². The Morgan fingerprint density at radius 2 is 1.82 bits per heavy atom. The molecule has 2 aromatic heterocycles. The summed E-state index contributed by atoms with van der Waals surface area (Å²) in [6, 6.07) is 14.2. The maximum atomic E-state index is 13.7. The third-order valence-electron chi connectivity index (χ3n) is 6.95. The molecule has 12 heteroatoms. The van der Waals surface area contributed by atoms with Crippen LogP contribution in [0, 0.1) is 11.3 Å². The highest BCUT2D eigenvalue weighted by molar-refractivity contribution is 6.10. The fraction of sp³-hybridized carbons (Fsp3) is 0.222. The highest BCUT2D eigenvalue weighted by Crippen LogP contribution is 2.41. The Morgan fingerprint density at radius 1 is 1.05 bits per heavy atom. The summed E-state index contributed by atoms with van der Waals surface area (Å²) in [6.45, 7) is 0.337. The van der Waals surface area contributed by atoms with Crippen molar-refractivity contribution in [3.05, 3.63) is 77.1 Å². The quantitative estimate of drug-likeness (QED) is 0.427. The first-order valence-electron chi connectivity index (χ1n) is 12.0. The zero-order valence-corrected chi connectivity index (χ0v) is 20.5. The van der Waals surface area contributed by atoms with Crippen LogP contribution in [-0.4, -0.2) is 50.0 Å². The first-order chi connectivity index (χ1) is 18.6. The lowest BCUT2D eigenvalue weighted by molar-refractivity contribution is -0.138. The van der Waals surface area contributed by atoms with Crippen LogP contribution < -0.4 is 9.80 Å². The van der Waals surface area contributed by atoms with E-state index in [1.54, 1.807) is 48.3 Å². The van der Waals surface area contributed by atoms with Gasteiger partial charge < -0.3 is 14.6 Å². The second kappa shape index (κ2) is 8.92. The summed E-state index contributed by atoms with van der Waals surface area (Å²) in [5.41, 5.74) is 1.25. The Hall–Kier alpha value is -4.76. The molecule has 0 bridgehead atoms. The molecule has 39 heavy (non-hydrogen) atoms. The van der Waals surface area contributed by atoms with Gasteiger partial charge in [-0.2, -0.15) is 18.4 Å². The normalized spacial score (nSPS) is 15.3. The number of benzene rings is 2. The van der Waals surface area contributed by atoms with Crippen LogP contribution in [0.4, 0.5) is 24.8 Å². The number of carbonyl (C=O) groups is 1. The van der Waals surface area contributed by atoms with E-state index in [2.05, 4.69) is 21.3 Å². The lowest BCUT2D eigenvalue weighted by atomic mass is 9.96. The second-order valence-corrected chi connectivity index (χ2v) is 9.49. The molecule has 0 unspecified atom stereocenters.